The lowest BCUT2D eigenvalue weighted by atomic mass is 10.0. The van der Waals surface area contributed by atoms with Crippen LogP contribution in [0.15, 0.2) is 10.5 Å². The second-order valence-electron chi connectivity index (χ2n) is 2.96. The van der Waals surface area contributed by atoms with Gasteiger partial charge in [0, 0.05) is 4.47 Å². The molecule has 0 atom stereocenters. The van der Waals surface area contributed by atoms with Crippen LogP contribution in [0.25, 0.3) is 0 Å². The Labute approximate surface area is 99.5 Å². The van der Waals surface area contributed by atoms with Crippen LogP contribution in [0, 0.1) is 5.82 Å². The van der Waals surface area contributed by atoms with E-state index in [9.17, 15) is 31.1 Å². The van der Waals surface area contributed by atoms with Crippen molar-refractivity contribution in [3.63, 3.8) is 0 Å². The van der Waals surface area contributed by atoms with Gasteiger partial charge < -0.3 is 0 Å². The predicted molar refractivity (Wildman–Crippen MR) is 49.4 cm³/mol. The van der Waals surface area contributed by atoms with Crippen LogP contribution in [-0.4, -0.2) is 6.29 Å². The largest absolute Gasteiger partial charge is 0.417 e. The molecular formula is C9H3BrF6O. The van der Waals surface area contributed by atoms with E-state index in [4.69, 9.17) is 0 Å². The molecule has 0 aliphatic carbocycles. The zero-order valence-corrected chi connectivity index (χ0v) is 9.37. The Morgan fingerprint density at radius 3 is 2.18 bits per heavy atom. The first-order chi connectivity index (χ1) is 7.70. The van der Waals surface area contributed by atoms with Gasteiger partial charge in [0.15, 0.2) is 6.29 Å². The van der Waals surface area contributed by atoms with Crippen molar-refractivity contribution in [1.29, 1.82) is 0 Å². The molecule has 0 aliphatic heterocycles. The summed E-state index contributed by atoms with van der Waals surface area (Å²) < 4.78 is 74.5. The van der Waals surface area contributed by atoms with Crippen LogP contribution in [0.5, 0.6) is 0 Å². The Hall–Kier alpha value is -1.05. The highest BCUT2D eigenvalue weighted by molar-refractivity contribution is 9.10. The number of aldehydes is 1. The monoisotopic (exact) mass is 320 g/mol. The topological polar surface area (TPSA) is 17.1 Å². The van der Waals surface area contributed by atoms with Gasteiger partial charge in [-0.1, -0.05) is 15.9 Å². The number of carbonyl (C=O) groups excluding carboxylic acids is 1. The Kier molecular flexibility index (Phi) is 3.85. The Balaban J connectivity index is 3.64. The molecule has 0 fully saturated rings. The molecule has 1 rings (SSSR count). The number of rotatable bonds is 2. The van der Waals surface area contributed by atoms with Gasteiger partial charge in [0.25, 0.3) is 6.43 Å². The van der Waals surface area contributed by atoms with Gasteiger partial charge in [0.05, 0.1) is 16.7 Å². The van der Waals surface area contributed by atoms with E-state index in [1.165, 1.54) is 0 Å². The highest BCUT2D eigenvalue weighted by Crippen LogP contribution is 2.39. The first-order valence-corrected chi connectivity index (χ1v) is 4.81. The third-order valence-electron chi connectivity index (χ3n) is 1.93. The van der Waals surface area contributed by atoms with E-state index in [-0.39, 0.29) is 6.07 Å². The number of hydrogen-bond acceptors (Lipinski definition) is 1. The minimum atomic E-state index is -5.00. The summed E-state index contributed by atoms with van der Waals surface area (Å²) in [6.45, 7) is 0. The molecule has 0 heterocycles. The fourth-order valence-corrected chi connectivity index (χ4v) is 1.78. The van der Waals surface area contributed by atoms with Crippen molar-refractivity contribution in [1.82, 2.24) is 0 Å². The van der Waals surface area contributed by atoms with Crippen LogP contribution >= 0.6 is 15.9 Å². The van der Waals surface area contributed by atoms with Gasteiger partial charge in [0.2, 0.25) is 0 Å². The molecule has 0 N–H and O–H groups in total. The van der Waals surface area contributed by atoms with E-state index in [1.54, 1.807) is 0 Å². The minimum absolute atomic E-state index is 0.258. The summed E-state index contributed by atoms with van der Waals surface area (Å²) in [4.78, 5) is 10.4. The van der Waals surface area contributed by atoms with E-state index in [0.717, 1.165) is 0 Å². The van der Waals surface area contributed by atoms with Gasteiger partial charge >= 0.3 is 6.18 Å². The molecule has 0 unspecified atom stereocenters. The zero-order valence-electron chi connectivity index (χ0n) is 7.79. The average Bonchev–Trinajstić information content (AvgIpc) is 2.14. The summed E-state index contributed by atoms with van der Waals surface area (Å²) in [6, 6.07) is 0.258. The summed E-state index contributed by atoms with van der Waals surface area (Å²) in [5.41, 5.74) is -4.28. The van der Waals surface area contributed by atoms with E-state index >= 15 is 0 Å². The second-order valence-corrected chi connectivity index (χ2v) is 3.82. The number of benzene rings is 1. The molecule has 8 heteroatoms. The number of alkyl halides is 5. The summed E-state index contributed by atoms with van der Waals surface area (Å²) in [5.74, 6) is -1.86. The van der Waals surface area contributed by atoms with Crippen LogP contribution in [0.2, 0.25) is 0 Å². The first-order valence-electron chi connectivity index (χ1n) is 4.02. The van der Waals surface area contributed by atoms with Crippen molar-refractivity contribution in [3.05, 3.63) is 33.0 Å². The highest BCUT2D eigenvalue weighted by atomic mass is 79.9. The maximum Gasteiger partial charge on any atom is 0.417 e. The van der Waals surface area contributed by atoms with Crippen LogP contribution in [0.4, 0.5) is 26.3 Å². The lowest BCUT2D eigenvalue weighted by Crippen LogP contribution is -2.13. The number of carbonyl (C=O) groups is 1. The predicted octanol–water partition coefficient (Wildman–Crippen LogP) is 4.36. The van der Waals surface area contributed by atoms with Crippen LogP contribution in [-0.2, 0) is 6.18 Å². The molecule has 1 aromatic rings. The molecule has 1 nitrogen and oxygen atoms in total. The van der Waals surface area contributed by atoms with Crippen molar-refractivity contribution >= 4 is 22.2 Å². The third-order valence-corrected chi connectivity index (χ3v) is 2.59. The average molecular weight is 321 g/mol. The van der Waals surface area contributed by atoms with Gasteiger partial charge in [-0.15, -0.1) is 0 Å². The maximum absolute atomic E-state index is 13.3. The molecule has 1 aromatic carbocycles. The quantitative estimate of drug-likeness (QED) is 0.584. The molecule has 17 heavy (non-hydrogen) atoms. The van der Waals surface area contributed by atoms with Gasteiger partial charge in [-0.05, 0) is 6.07 Å². The zero-order chi connectivity index (χ0) is 13.4. The normalized spacial score (nSPS) is 12.0. The molecule has 0 spiro atoms. The fourth-order valence-electron chi connectivity index (χ4n) is 1.20. The Bertz CT molecular complexity index is 454. The molecule has 0 radical (unpaired) electrons. The van der Waals surface area contributed by atoms with E-state index in [1.807, 2.05) is 0 Å². The van der Waals surface area contributed by atoms with E-state index in [0.29, 0.717) is 0 Å². The van der Waals surface area contributed by atoms with E-state index in [2.05, 4.69) is 15.9 Å². The second kappa shape index (κ2) is 4.67. The highest BCUT2D eigenvalue weighted by Gasteiger charge is 2.37. The van der Waals surface area contributed by atoms with Crippen molar-refractivity contribution in [2.45, 2.75) is 12.6 Å². The van der Waals surface area contributed by atoms with Gasteiger partial charge in [-0.25, -0.2) is 13.2 Å². The molecule has 0 bridgehead atoms. The fraction of sp³-hybridized carbons (Fsp3) is 0.222. The smallest absolute Gasteiger partial charge is 0.298 e. The Morgan fingerprint density at radius 1 is 1.29 bits per heavy atom. The summed E-state index contributed by atoms with van der Waals surface area (Å²) in [5, 5.41) is 0. The number of halogens is 7. The standard InChI is InChI=1S/C9H3BrF6O/c10-5-1-4(9(14,15)16)3(2-17)7(11)6(5)8(12)13/h1-2,8H. The lowest BCUT2D eigenvalue weighted by Gasteiger charge is -2.14. The minimum Gasteiger partial charge on any atom is -0.298 e. The summed E-state index contributed by atoms with van der Waals surface area (Å²) >= 11 is 2.42. The van der Waals surface area contributed by atoms with Crippen LogP contribution in [0.3, 0.4) is 0 Å². The van der Waals surface area contributed by atoms with E-state index < -0.39 is 45.9 Å². The molecular weight excluding hydrogens is 318 g/mol. The van der Waals surface area contributed by atoms with Crippen molar-refractivity contribution in [3.8, 4) is 0 Å². The first kappa shape index (κ1) is 14.0. The summed E-state index contributed by atoms with van der Waals surface area (Å²) in [7, 11) is 0. The van der Waals surface area contributed by atoms with Gasteiger partial charge in [-0.2, -0.15) is 13.2 Å². The molecule has 0 saturated carbocycles. The molecule has 94 valence electrons. The Morgan fingerprint density at radius 2 is 1.82 bits per heavy atom. The van der Waals surface area contributed by atoms with Crippen molar-refractivity contribution < 1.29 is 31.1 Å². The third kappa shape index (κ3) is 2.62. The molecule has 0 saturated heterocycles. The molecule has 0 aromatic heterocycles. The van der Waals surface area contributed by atoms with Crippen LogP contribution < -0.4 is 0 Å². The number of hydrogen-bond donors (Lipinski definition) is 0. The van der Waals surface area contributed by atoms with Gasteiger partial charge in [0.1, 0.15) is 5.82 Å². The lowest BCUT2D eigenvalue weighted by molar-refractivity contribution is -0.138. The molecule has 0 amide bonds. The summed E-state index contributed by atoms with van der Waals surface area (Å²) in [6.07, 6.45) is -8.76. The van der Waals surface area contributed by atoms with Crippen molar-refractivity contribution in [2.75, 3.05) is 0 Å². The van der Waals surface area contributed by atoms with Gasteiger partial charge in [-0.3, -0.25) is 4.79 Å². The SMILES string of the molecule is O=Cc1c(C(F)(F)F)cc(Br)c(C(F)F)c1F. The van der Waals surface area contributed by atoms with Crippen molar-refractivity contribution in [2.24, 2.45) is 0 Å². The molecule has 0 aliphatic rings. The maximum atomic E-state index is 13.3. The van der Waals surface area contributed by atoms with Crippen LogP contribution in [0.1, 0.15) is 27.9 Å².